The highest BCUT2D eigenvalue weighted by Crippen LogP contribution is 2.40. The van der Waals surface area contributed by atoms with Crippen molar-refractivity contribution in [2.75, 3.05) is 0 Å². The van der Waals surface area contributed by atoms with Crippen molar-refractivity contribution >= 4 is 0 Å². The van der Waals surface area contributed by atoms with Crippen molar-refractivity contribution in [3.8, 4) is 0 Å². The van der Waals surface area contributed by atoms with E-state index in [4.69, 9.17) is 0 Å². The predicted molar refractivity (Wildman–Crippen MR) is 80.0 cm³/mol. The van der Waals surface area contributed by atoms with Crippen LogP contribution in [0.4, 0.5) is 8.78 Å². The zero-order chi connectivity index (χ0) is 14.8. The SMILES string of the molecule is CC(NCc1cccc(C2CC2)c1)c1cc(F)ccc1F. The molecule has 1 nitrogen and oxygen atoms in total. The van der Waals surface area contributed by atoms with Crippen LogP contribution in [-0.4, -0.2) is 0 Å². The molecule has 0 amide bonds. The monoisotopic (exact) mass is 287 g/mol. The van der Waals surface area contributed by atoms with Gasteiger partial charge in [-0.2, -0.15) is 0 Å². The minimum absolute atomic E-state index is 0.231. The first kappa shape index (κ1) is 14.2. The van der Waals surface area contributed by atoms with Crippen molar-refractivity contribution in [2.24, 2.45) is 0 Å². The maximum Gasteiger partial charge on any atom is 0.128 e. The summed E-state index contributed by atoms with van der Waals surface area (Å²) in [7, 11) is 0. The van der Waals surface area contributed by atoms with Gasteiger partial charge in [-0.1, -0.05) is 24.3 Å². The van der Waals surface area contributed by atoms with E-state index < -0.39 is 5.82 Å². The first-order valence-corrected chi connectivity index (χ1v) is 7.40. The Balaban J connectivity index is 1.66. The molecule has 0 aromatic heterocycles. The van der Waals surface area contributed by atoms with Crippen LogP contribution in [0.15, 0.2) is 42.5 Å². The second-order valence-electron chi connectivity index (χ2n) is 5.79. The molecule has 0 radical (unpaired) electrons. The molecule has 3 heteroatoms. The molecule has 1 fully saturated rings. The maximum atomic E-state index is 13.7. The Bertz CT molecular complexity index is 635. The van der Waals surface area contributed by atoms with E-state index in [1.165, 1.54) is 36.1 Å². The van der Waals surface area contributed by atoms with Gasteiger partial charge in [0.2, 0.25) is 0 Å². The van der Waals surface area contributed by atoms with E-state index >= 15 is 0 Å². The Hall–Kier alpha value is -1.74. The van der Waals surface area contributed by atoms with E-state index in [0.717, 1.165) is 12.0 Å². The van der Waals surface area contributed by atoms with Crippen molar-refractivity contribution in [1.29, 1.82) is 0 Å². The molecule has 2 aromatic carbocycles. The second kappa shape index (κ2) is 5.94. The Morgan fingerprint density at radius 1 is 1.14 bits per heavy atom. The zero-order valence-corrected chi connectivity index (χ0v) is 12.1. The van der Waals surface area contributed by atoms with Crippen LogP contribution in [-0.2, 0) is 6.54 Å². The maximum absolute atomic E-state index is 13.7. The molecule has 3 rings (SSSR count). The molecule has 1 unspecified atom stereocenters. The smallest absolute Gasteiger partial charge is 0.128 e. The van der Waals surface area contributed by atoms with Crippen molar-refractivity contribution in [2.45, 2.75) is 38.3 Å². The number of rotatable bonds is 5. The molecule has 0 bridgehead atoms. The lowest BCUT2D eigenvalue weighted by atomic mass is 10.1. The average Bonchev–Trinajstić information content (AvgIpc) is 3.32. The minimum Gasteiger partial charge on any atom is -0.306 e. The van der Waals surface area contributed by atoms with Crippen LogP contribution in [0.25, 0.3) is 0 Å². The van der Waals surface area contributed by atoms with Crippen molar-refractivity contribution < 1.29 is 8.78 Å². The summed E-state index contributed by atoms with van der Waals surface area (Å²) in [4.78, 5) is 0. The number of hydrogen-bond acceptors (Lipinski definition) is 1. The van der Waals surface area contributed by atoms with Gasteiger partial charge in [0.05, 0.1) is 0 Å². The standard InChI is InChI=1S/C18H19F2N/c1-12(17-10-16(19)7-8-18(17)20)21-11-13-3-2-4-15(9-13)14-5-6-14/h2-4,7-10,12,14,21H,5-6,11H2,1H3. The lowest BCUT2D eigenvalue weighted by molar-refractivity contribution is 0.518. The summed E-state index contributed by atoms with van der Waals surface area (Å²) in [5.41, 5.74) is 2.94. The molecule has 0 heterocycles. The summed E-state index contributed by atoms with van der Waals surface area (Å²) in [6.07, 6.45) is 2.56. The summed E-state index contributed by atoms with van der Waals surface area (Å²) in [6.45, 7) is 2.50. The second-order valence-corrected chi connectivity index (χ2v) is 5.79. The van der Waals surface area contributed by atoms with E-state index in [-0.39, 0.29) is 11.9 Å². The number of hydrogen-bond donors (Lipinski definition) is 1. The lowest BCUT2D eigenvalue weighted by Crippen LogP contribution is -2.19. The first-order chi connectivity index (χ1) is 10.1. The fourth-order valence-electron chi connectivity index (χ4n) is 2.60. The summed E-state index contributed by atoms with van der Waals surface area (Å²) in [5, 5.41) is 3.26. The van der Waals surface area contributed by atoms with Gasteiger partial charge in [0.1, 0.15) is 11.6 Å². The molecule has 2 aromatic rings. The van der Waals surface area contributed by atoms with Gasteiger partial charge < -0.3 is 5.32 Å². The zero-order valence-electron chi connectivity index (χ0n) is 12.1. The van der Waals surface area contributed by atoms with Gasteiger partial charge in [-0.05, 0) is 55.0 Å². The predicted octanol–water partition coefficient (Wildman–Crippen LogP) is 4.69. The number of benzene rings is 2. The van der Waals surface area contributed by atoms with Gasteiger partial charge in [0.15, 0.2) is 0 Å². The summed E-state index contributed by atoms with van der Waals surface area (Å²) >= 11 is 0. The third-order valence-electron chi connectivity index (χ3n) is 4.04. The van der Waals surface area contributed by atoms with Gasteiger partial charge in [0.25, 0.3) is 0 Å². The molecule has 0 aliphatic heterocycles. The Kier molecular flexibility index (Phi) is 4.02. The average molecular weight is 287 g/mol. The Morgan fingerprint density at radius 3 is 2.71 bits per heavy atom. The van der Waals surface area contributed by atoms with E-state index in [2.05, 4.69) is 29.6 Å². The highest BCUT2D eigenvalue weighted by molar-refractivity contribution is 5.29. The fourth-order valence-corrected chi connectivity index (χ4v) is 2.60. The Morgan fingerprint density at radius 2 is 1.95 bits per heavy atom. The van der Waals surface area contributed by atoms with Gasteiger partial charge in [-0.15, -0.1) is 0 Å². The normalized spacial score (nSPS) is 16.0. The molecular formula is C18H19F2N. The molecule has 1 saturated carbocycles. The molecule has 1 aliphatic carbocycles. The first-order valence-electron chi connectivity index (χ1n) is 7.40. The summed E-state index contributed by atoms with van der Waals surface area (Å²) in [5.74, 6) is -0.0538. The molecule has 110 valence electrons. The van der Waals surface area contributed by atoms with Gasteiger partial charge >= 0.3 is 0 Å². The van der Waals surface area contributed by atoms with E-state index in [9.17, 15) is 8.78 Å². The van der Waals surface area contributed by atoms with Crippen LogP contribution in [0.3, 0.4) is 0 Å². The van der Waals surface area contributed by atoms with Gasteiger partial charge in [-0.25, -0.2) is 8.78 Å². The molecule has 21 heavy (non-hydrogen) atoms. The summed E-state index contributed by atoms with van der Waals surface area (Å²) < 4.78 is 26.9. The topological polar surface area (TPSA) is 12.0 Å². The fraction of sp³-hybridized carbons (Fsp3) is 0.333. The van der Waals surface area contributed by atoms with Crippen LogP contribution in [0.5, 0.6) is 0 Å². The highest BCUT2D eigenvalue weighted by Gasteiger charge is 2.23. The summed E-state index contributed by atoms with van der Waals surface area (Å²) in [6, 6.07) is 11.8. The highest BCUT2D eigenvalue weighted by atomic mass is 19.1. The van der Waals surface area contributed by atoms with Crippen LogP contribution < -0.4 is 5.32 Å². The van der Waals surface area contributed by atoms with Crippen LogP contribution in [0.1, 0.15) is 48.4 Å². The molecule has 1 N–H and O–H groups in total. The van der Waals surface area contributed by atoms with E-state index in [1.54, 1.807) is 0 Å². The molecule has 0 saturated heterocycles. The molecular weight excluding hydrogens is 268 g/mol. The van der Waals surface area contributed by atoms with Crippen molar-refractivity contribution in [1.82, 2.24) is 5.32 Å². The van der Waals surface area contributed by atoms with Gasteiger partial charge in [0, 0.05) is 18.2 Å². The van der Waals surface area contributed by atoms with Crippen LogP contribution >= 0.6 is 0 Å². The minimum atomic E-state index is -0.407. The quantitative estimate of drug-likeness (QED) is 0.841. The molecule has 1 aliphatic rings. The molecule has 1 atom stereocenters. The Labute approximate surface area is 124 Å². The molecule has 0 spiro atoms. The van der Waals surface area contributed by atoms with E-state index in [1.807, 2.05) is 6.92 Å². The van der Waals surface area contributed by atoms with Crippen molar-refractivity contribution in [3.05, 3.63) is 70.8 Å². The van der Waals surface area contributed by atoms with Crippen LogP contribution in [0.2, 0.25) is 0 Å². The van der Waals surface area contributed by atoms with Gasteiger partial charge in [-0.3, -0.25) is 0 Å². The van der Waals surface area contributed by atoms with Crippen molar-refractivity contribution in [3.63, 3.8) is 0 Å². The van der Waals surface area contributed by atoms with E-state index in [0.29, 0.717) is 12.1 Å². The largest absolute Gasteiger partial charge is 0.306 e. The lowest BCUT2D eigenvalue weighted by Gasteiger charge is -2.15. The number of nitrogens with one attached hydrogen (secondary N) is 1. The third kappa shape index (κ3) is 3.48. The third-order valence-corrected chi connectivity index (χ3v) is 4.04. The number of halogens is 2. The van der Waals surface area contributed by atoms with Crippen LogP contribution in [0, 0.1) is 11.6 Å².